The standard InChI is InChI=1S/C26H31N7/c1-3-21-19-32(22(21)4-1)18-17-31-11-9-20-7-8-24(28-26(20)31)29-13-15-30(16-14-29)25-6-2-5-23-27-10-12-33(23)25/h2,5-12,21-22H,1,3-4,13-19H2. The minimum atomic E-state index is 0.861. The van der Waals surface area contributed by atoms with Crippen molar-refractivity contribution in [3.63, 3.8) is 0 Å². The lowest BCUT2D eigenvalue weighted by atomic mass is 9.92. The highest BCUT2D eigenvalue weighted by molar-refractivity contribution is 5.78. The highest BCUT2D eigenvalue weighted by atomic mass is 15.3. The van der Waals surface area contributed by atoms with E-state index in [1.807, 2.05) is 12.4 Å². The van der Waals surface area contributed by atoms with E-state index in [0.29, 0.717) is 0 Å². The van der Waals surface area contributed by atoms with Crippen LogP contribution >= 0.6 is 0 Å². The van der Waals surface area contributed by atoms with Gasteiger partial charge in [0, 0.05) is 75.8 Å². The molecule has 7 heteroatoms. The van der Waals surface area contributed by atoms with Crippen LogP contribution < -0.4 is 9.80 Å². The number of rotatable bonds is 5. The van der Waals surface area contributed by atoms with Crippen molar-refractivity contribution in [1.29, 1.82) is 0 Å². The molecule has 3 aliphatic rings. The molecule has 1 saturated carbocycles. The van der Waals surface area contributed by atoms with E-state index >= 15 is 0 Å². The molecule has 0 radical (unpaired) electrons. The number of hydrogen-bond donors (Lipinski definition) is 0. The van der Waals surface area contributed by atoms with Crippen LogP contribution in [0.3, 0.4) is 0 Å². The fourth-order valence-electron chi connectivity index (χ4n) is 6.26. The Hall–Kier alpha value is -3.06. The van der Waals surface area contributed by atoms with Gasteiger partial charge in [-0.05, 0) is 49.1 Å². The van der Waals surface area contributed by atoms with Gasteiger partial charge in [0.2, 0.25) is 0 Å². The lowest BCUT2D eigenvalue weighted by Crippen LogP contribution is -2.53. The Morgan fingerprint density at radius 2 is 1.79 bits per heavy atom. The second-order valence-electron chi connectivity index (χ2n) is 9.86. The van der Waals surface area contributed by atoms with Gasteiger partial charge in [0.25, 0.3) is 0 Å². The smallest absolute Gasteiger partial charge is 0.142 e. The van der Waals surface area contributed by atoms with Crippen LogP contribution in [0.5, 0.6) is 0 Å². The van der Waals surface area contributed by atoms with Crippen molar-refractivity contribution in [3.8, 4) is 0 Å². The molecule has 0 amide bonds. The van der Waals surface area contributed by atoms with Crippen molar-refractivity contribution in [2.45, 2.75) is 31.8 Å². The van der Waals surface area contributed by atoms with Crippen LogP contribution in [-0.2, 0) is 6.54 Å². The largest absolute Gasteiger partial charge is 0.354 e. The van der Waals surface area contributed by atoms with Gasteiger partial charge in [-0.15, -0.1) is 0 Å². The van der Waals surface area contributed by atoms with Gasteiger partial charge in [-0.3, -0.25) is 9.30 Å². The Labute approximate surface area is 194 Å². The average molecular weight is 442 g/mol. The summed E-state index contributed by atoms with van der Waals surface area (Å²) in [5, 5.41) is 1.24. The van der Waals surface area contributed by atoms with Crippen molar-refractivity contribution >= 4 is 28.3 Å². The first-order chi connectivity index (χ1) is 16.3. The molecule has 4 aromatic rings. The molecule has 2 saturated heterocycles. The van der Waals surface area contributed by atoms with E-state index in [1.54, 1.807) is 0 Å². The van der Waals surface area contributed by atoms with Gasteiger partial charge in [0.15, 0.2) is 0 Å². The maximum Gasteiger partial charge on any atom is 0.142 e. The summed E-state index contributed by atoms with van der Waals surface area (Å²) in [5.74, 6) is 3.30. The zero-order chi connectivity index (χ0) is 21.8. The van der Waals surface area contributed by atoms with Crippen LogP contribution in [0.15, 0.2) is 55.0 Å². The molecule has 4 aromatic heterocycles. The first-order valence-corrected chi connectivity index (χ1v) is 12.5. The summed E-state index contributed by atoms with van der Waals surface area (Å²) in [7, 11) is 0. The summed E-state index contributed by atoms with van der Waals surface area (Å²) in [5.41, 5.74) is 2.13. The molecule has 3 fully saturated rings. The molecule has 0 N–H and O–H groups in total. The van der Waals surface area contributed by atoms with Crippen molar-refractivity contribution in [1.82, 2.24) is 23.8 Å². The van der Waals surface area contributed by atoms with Gasteiger partial charge in [0.05, 0.1) is 0 Å². The van der Waals surface area contributed by atoms with Gasteiger partial charge < -0.3 is 14.4 Å². The SMILES string of the molecule is c1cc(N2CCN(c3ccc4ccn(CCN5CC6CCCC65)c4n3)CC2)n2ccnc2c1. The average Bonchev–Trinajstić information content (AvgIpc) is 3.58. The third kappa shape index (κ3) is 3.29. The maximum atomic E-state index is 5.12. The van der Waals surface area contributed by atoms with Crippen LogP contribution in [0, 0.1) is 5.92 Å². The molecule has 33 heavy (non-hydrogen) atoms. The molecule has 7 nitrogen and oxygen atoms in total. The fraction of sp³-hybridized carbons (Fsp3) is 0.462. The number of nitrogens with zero attached hydrogens (tertiary/aromatic N) is 7. The summed E-state index contributed by atoms with van der Waals surface area (Å²) in [4.78, 5) is 17.1. The van der Waals surface area contributed by atoms with Gasteiger partial charge in [0.1, 0.15) is 22.9 Å². The quantitative estimate of drug-likeness (QED) is 0.474. The molecule has 6 heterocycles. The zero-order valence-corrected chi connectivity index (χ0v) is 19.1. The van der Waals surface area contributed by atoms with Crippen molar-refractivity contribution in [3.05, 3.63) is 55.0 Å². The van der Waals surface area contributed by atoms with Crippen molar-refractivity contribution in [2.75, 3.05) is 49.1 Å². The number of hydrogen-bond acceptors (Lipinski definition) is 5. The summed E-state index contributed by atoms with van der Waals surface area (Å²) in [6.45, 7) is 7.40. The number of likely N-dealkylation sites (tertiary alicyclic amines) is 1. The van der Waals surface area contributed by atoms with E-state index in [0.717, 1.165) is 68.3 Å². The minimum absolute atomic E-state index is 0.861. The third-order valence-corrected chi connectivity index (χ3v) is 8.12. The Morgan fingerprint density at radius 3 is 2.70 bits per heavy atom. The summed E-state index contributed by atoms with van der Waals surface area (Å²) >= 11 is 0. The van der Waals surface area contributed by atoms with Crippen LogP contribution in [0.25, 0.3) is 16.7 Å². The first kappa shape index (κ1) is 19.4. The second-order valence-corrected chi connectivity index (χ2v) is 9.86. The molecule has 2 aliphatic heterocycles. The number of fused-ring (bicyclic) bond motifs is 3. The number of pyridine rings is 2. The Morgan fingerprint density at radius 1 is 0.879 bits per heavy atom. The number of piperazine rings is 1. The van der Waals surface area contributed by atoms with E-state index in [9.17, 15) is 0 Å². The Kier molecular flexibility index (Phi) is 4.57. The first-order valence-electron chi connectivity index (χ1n) is 12.5. The van der Waals surface area contributed by atoms with Crippen LogP contribution in [0.2, 0.25) is 0 Å². The molecule has 0 bridgehead atoms. The molecule has 1 aliphatic carbocycles. The van der Waals surface area contributed by atoms with Crippen LogP contribution in [-0.4, -0.2) is 69.1 Å². The van der Waals surface area contributed by atoms with E-state index in [4.69, 9.17) is 4.98 Å². The molecule has 2 atom stereocenters. The molecule has 170 valence electrons. The van der Waals surface area contributed by atoms with E-state index < -0.39 is 0 Å². The Balaban J connectivity index is 1.05. The normalized spacial score (nSPS) is 23.4. The summed E-state index contributed by atoms with van der Waals surface area (Å²) < 4.78 is 4.54. The highest BCUT2D eigenvalue weighted by Gasteiger charge is 2.41. The number of aromatic nitrogens is 4. The second kappa shape index (κ2) is 7.76. The fourth-order valence-corrected chi connectivity index (χ4v) is 6.26. The van der Waals surface area contributed by atoms with Crippen molar-refractivity contribution in [2.24, 2.45) is 5.92 Å². The Bertz CT molecular complexity index is 1280. The lowest BCUT2D eigenvalue weighted by molar-refractivity contribution is 0.0356. The summed E-state index contributed by atoms with van der Waals surface area (Å²) in [6.07, 6.45) is 10.4. The molecular weight excluding hydrogens is 410 g/mol. The predicted octanol–water partition coefficient (Wildman–Crippen LogP) is 3.49. The monoisotopic (exact) mass is 441 g/mol. The van der Waals surface area contributed by atoms with E-state index in [1.165, 1.54) is 37.0 Å². The van der Waals surface area contributed by atoms with E-state index in [-0.39, 0.29) is 0 Å². The summed E-state index contributed by atoms with van der Waals surface area (Å²) in [6, 6.07) is 13.8. The number of anilines is 2. The van der Waals surface area contributed by atoms with E-state index in [2.05, 4.69) is 71.2 Å². The number of imidazole rings is 1. The van der Waals surface area contributed by atoms with Gasteiger partial charge in [-0.1, -0.05) is 12.5 Å². The third-order valence-electron chi connectivity index (χ3n) is 8.12. The topological polar surface area (TPSA) is 44.8 Å². The highest BCUT2D eigenvalue weighted by Crippen LogP contribution is 2.38. The molecule has 2 unspecified atom stereocenters. The predicted molar refractivity (Wildman–Crippen MR) is 132 cm³/mol. The zero-order valence-electron chi connectivity index (χ0n) is 19.1. The van der Waals surface area contributed by atoms with Crippen molar-refractivity contribution < 1.29 is 0 Å². The van der Waals surface area contributed by atoms with Crippen LogP contribution in [0.4, 0.5) is 11.6 Å². The molecule has 0 aromatic carbocycles. The molecule has 7 rings (SSSR count). The molecular formula is C26H31N7. The van der Waals surface area contributed by atoms with Gasteiger partial charge in [-0.25, -0.2) is 9.97 Å². The van der Waals surface area contributed by atoms with Gasteiger partial charge >= 0.3 is 0 Å². The van der Waals surface area contributed by atoms with Gasteiger partial charge in [-0.2, -0.15) is 0 Å². The maximum absolute atomic E-state index is 5.12. The molecule has 0 spiro atoms. The van der Waals surface area contributed by atoms with Crippen LogP contribution in [0.1, 0.15) is 19.3 Å². The lowest BCUT2D eigenvalue weighted by Gasteiger charge is -2.44. The minimum Gasteiger partial charge on any atom is -0.354 e.